The number of aromatic nitrogens is 2. The molecule has 1 aliphatic carbocycles. The van der Waals surface area contributed by atoms with Crippen molar-refractivity contribution in [3.05, 3.63) is 102 Å². The van der Waals surface area contributed by atoms with Crippen molar-refractivity contribution in [2.24, 2.45) is 0 Å². The summed E-state index contributed by atoms with van der Waals surface area (Å²) in [6.07, 6.45) is 5.45. The largest absolute Gasteiger partial charge is 0.488 e. The molecule has 0 spiro atoms. The minimum absolute atomic E-state index is 0.0413. The van der Waals surface area contributed by atoms with Crippen LogP contribution in [0.3, 0.4) is 0 Å². The van der Waals surface area contributed by atoms with Crippen LogP contribution in [-0.2, 0) is 22.2 Å². The summed E-state index contributed by atoms with van der Waals surface area (Å²) < 4.78 is 60.7. The van der Waals surface area contributed by atoms with Crippen molar-refractivity contribution in [3.8, 4) is 17.0 Å². The average molecular weight is 550 g/mol. The van der Waals surface area contributed by atoms with Crippen molar-refractivity contribution in [1.29, 1.82) is 0 Å². The Morgan fingerprint density at radius 1 is 0.897 bits per heavy atom. The highest BCUT2D eigenvalue weighted by molar-refractivity contribution is 7.91. The summed E-state index contributed by atoms with van der Waals surface area (Å²) in [6.45, 7) is 0.172. The lowest BCUT2D eigenvalue weighted by atomic mass is 10.0. The normalized spacial score (nSPS) is 14.2. The molecule has 0 amide bonds. The van der Waals surface area contributed by atoms with Gasteiger partial charge >= 0.3 is 0 Å². The number of hydrogen-bond acceptors (Lipinski definition) is 6. The quantitative estimate of drug-likeness (QED) is 0.242. The molecule has 6 nitrogen and oxygen atoms in total. The minimum Gasteiger partial charge on any atom is -0.488 e. The first-order valence-corrected chi connectivity index (χ1v) is 14.7. The Labute approximate surface area is 227 Å². The fourth-order valence-electron chi connectivity index (χ4n) is 4.81. The van der Waals surface area contributed by atoms with Gasteiger partial charge in [-0.3, -0.25) is 0 Å². The van der Waals surface area contributed by atoms with Crippen LogP contribution in [0.15, 0.2) is 79.0 Å². The summed E-state index contributed by atoms with van der Waals surface area (Å²) in [5.74, 6) is -0.992. The molecule has 0 saturated heterocycles. The average Bonchev–Trinajstić information content (AvgIpc) is 2.94. The van der Waals surface area contributed by atoms with E-state index in [1.54, 1.807) is 24.3 Å². The number of rotatable bonds is 9. The van der Waals surface area contributed by atoms with E-state index in [2.05, 4.69) is 15.3 Å². The first kappa shape index (κ1) is 26.7. The van der Waals surface area contributed by atoms with E-state index in [9.17, 15) is 17.2 Å². The molecule has 5 rings (SSSR count). The van der Waals surface area contributed by atoms with Crippen molar-refractivity contribution in [3.63, 3.8) is 0 Å². The second-order valence-corrected chi connectivity index (χ2v) is 12.0. The van der Waals surface area contributed by atoms with Crippen molar-refractivity contribution in [2.75, 3.05) is 5.32 Å². The van der Waals surface area contributed by atoms with Gasteiger partial charge in [0.2, 0.25) is 5.95 Å². The Morgan fingerprint density at radius 2 is 1.67 bits per heavy atom. The summed E-state index contributed by atoms with van der Waals surface area (Å²) in [5, 5.41) is 2.75. The van der Waals surface area contributed by atoms with Gasteiger partial charge in [-0.1, -0.05) is 61.7 Å². The van der Waals surface area contributed by atoms with Gasteiger partial charge in [-0.05, 0) is 48.2 Å². The minimum atomic E-state index is -3.26. The molecule has 1 aliphatic rings. The Balaban J connectivity index is 1.36. The van der Waals surface area contributed by atoms with Gasteiger partial charge in [0.1, 0.15) is 23.9 Å². The van der Waals surface area contributed by atoms with Gasteiger partial charge in [-0.25, -0.2) is 27.2 Å². The molecule has 0 atom stereocenters. The van der Waals surface area contributed by atoms with Gasteiger partial charge < -0.3 is 10.1 Å². The van der Waals surface area contributed by atoms with Crippen LogP contribution in [0, 0.1) is 11.6 Å². The summed E-state index contributed by atoms with van der Waals surface area (Å²) in [7, 11) is -3.26. The molecule has 1 saturated carbocycles. The number of benzene rings is 3. The first-order valence-electron chi connectivity index (χ1n) is 12.9. The predicted molar refractivity (Wildman–Crippen MR) is 147 cm³/mol. The lowest BCUT2D eigenvalue weighted by Gasteiger charge is -2.21. The van der Waals surface area contributed by atoms with Gasteiger partial charge in [-0.2, -0.15) is 0 Å². The zero-order valence-corrected chi connectivity index (χ0v) is 22.1. The maximum absolute atomic E-state index is 14.9. The molecule has 1 fully saturated rings. The molecular formula is C30H29F2N3O3S. The Bertz CT molecular complexity index is 1540. The van der Waals surface area contributed by atoms with E-state index in [1.165, 1.54) is 18.2 Å². The second-order valence-electron chi connectivity index (χ2n) is 9.70. The number of sulfone groups is 1. The van der Waals surface area contributed by atoms with Crippen LogP contribution in [0.4, 0.5) is 20.4 Å². The SMILES string of the molecule is O=S(=O)(Cc1cccc(Nc2ncc(F)c(-c3ccc(F)cc3OCc3ccccc3)n2)c1)C1CCCCC1. The van der Waals surface area contributed by atoms with E-state index in [0.29, 0.717) is 24.1 Å². The lowest BCUT2D eigenvalue weighted by molar-refractivity contribution is 0.305. The van der Waals surface area contributed by atoms with Crippen molar-refractivity contribution >= 4 is 21.5 Å². The van der Waals surface area contributed by atoms with Crippen molar-refractivity contribution in [1.82, 2.24) is 9.97 Å². The van der Waals surface area contributed by atoms with E-state index in [4.69, 9.17) is 4.74 Å². The lowest BCUT2D eigenvalue weighted by Crippen LogP contribution is -2.25. The van der Waals surface area contributed by atoms with Crippen LogP contribution in [-0.4, -0.2) is 23.6 Å². The van der Waals surface area contributed by atoms with Crippen LogP contribution < -0.4 is 10.1 Å². The van der Waals surface area contributed by atoms with Crippen LogP contribution in [0.2, 0.25) is 0 Å². The molecule has 9 heteroatoms. The first-order chi connectivity index (χ1) is 18.9. The highest BCUT2D eigenvalue weighted by Crippen LogP contribution is 2.33. The number of nitrogens with one attached hydrogen (secondary N) is 1. The van der Waals surface area contributed by atoms with E-state index in [0.717, 1.165) is 31.0 Å². The van der Waals surface area contributed by atoms with Crippen LogP contribution in [0.25, 0.3) is 11.3 Å². The molecule has 0 bridgehead atoms. The molecule has 1 heterocycles. The molecule has 0 radical (unpaired) electrons. The van der Waals surface area contributed by atoms with Crippen molar-refractivity contribution in [2.45, 2.75) is 49.7 Å². The standard InChI is InChI=1S/C30H29F2N3O3S/c31-23-14-15-26(28(17-23)38-19-21-8-3-1-4-9-21)29-27(32)18-33-30(35-29)34-24-11-7-10-22(16-24)20-39(36,37)25-12-5-2-6-13-25/h1,3-4,7-11,14-18,25H,2,5-6,12-13,19-20H2,(H,33,34,35). The van der Waals surface area contributed by atoms with Gasteiger partial charge in [0.15, 0.2) is 15.7 Å². The van der Waals surface area contributed by atoms with Crippen LogP contribution in [0.1, 0.15) is 43.2 Å². The Morgan fingerprint density at radius 3 is 2.46 bits per heavy atom. The third-order valence-corrected chi connectivity index (χ3v) is 9.01. The summed E-state index contributed by atoms with van der Waals surface area (Å²) in [6, 6.07) is 20.2. The van der Waals surface area contributed by atoms with Crippen LogP contribution >= 0.6 is 0 Å². The Kier molecular flexibility index (Phi) is 8.16. The number of halogens is 2. The van der Waals surface area contributed by atoms with Gasteiger partial charge in [0.05, 0.1) is 17.2 Å². The molecule has 39 heavy (non-hydrogen) atoms. The number of hydrogen-bond donors (Lipinski definition) is 1. The molecule has 3 aromatic carbocycles. The topological polar surface area (TPSA) is 81.2 Å². The molecule has 0 aliphatic heterocycles. The second kappa shape index (κ2) is 11.9. The molecule has 1 N–H and O–H groups in total. The monoisotopic (exact) mass is 549 g/mol. The van der Waals surface area contributed by atoms with E-state index in [1.807, 2.05) is 30.3 Å². The fourth-order valence-corrected chi connectivity index (χ4v) is 6.74. The van der Waals surface area contributed by atoms with Gasteiger partial charge in [-0.15, -0.1) is 0 Å². The number of anilines is 2. The molecule has 4 aromatic rings. The zero-order valence-electron chi connectivity index (χ0n) is 21.3. The zero-order chi connectivity index (χ0) is 27.2. The highest BCUT2D eigenvalue weighted by atomic mass is 32.2. The van der Waals surface area contributed by atoms with Gasteiger partial charge in [0.25, 0.3) is 0 Å². The maximum Gasteiger partial charge on any atom is 0.227 e. The fraction of sp³-hybridized carbons (Fsp3) is 0.267. The highest BCUT2D eigenvalue weighted by Gasteiger charge is 2.27. The van der Waals surface area contributed by atoms with Crippen molar-refractivity contribution < 1.29 is 21.9 Å². The number of nitrogens with zero attached hydrogens (tertiary/aromatic N) is 2. The van der Waals surface area contributed by atoms with Crippen LogP contribution in [0.5, 0.6) is 5.75 Å². The molecule has 1 aromatic heterocycles. The third-order valence-electron chi connectivity index (χ3n) is 6.79. The maximum atomic E-state index is 14.9. The van der Waals surface area contributed by atoms with E-state index in [-0.39, 0.29) is 40.6 Å². The molecule has 202 valence electrons. The van der Waals surface area contributed by atoms with E-state index < -0.39 is 21.5 Å². The predicted octanol–water partition coefficient (Wildman–Crippen LogP) is 6.99. The molecular weight excluding hydrogens is 520 g/mol. The third kappa shape index (κ3) is 6.78. The Hall–Kier alpha value is -3.85. The van der Waals surface area contributed by atoms with E-state index >= 15 is 0 Å². The van der Waals surface area contributed by atoms with Gasteiger partial charge in [0, 0.05) is 17.3 Å². The molecule has 0 unspecified atom stereocenters. The number of ether oxygens (including phenoxy) is 1. The summed E-state index contributed by atoms with van der Waals surface area (Å²) in [5.41, 5.74) is 2.34. The summed E-state index contributed by atoms with van der Waals surface area (Å²) in [4.78, 5) is 8.39. The summed E-state index contributed by atoms with van der Waals surface area (Å²) >= 11 is 0. The smallest absolute Gasteiger partial charge is 0.227 e.